The molecule has 4 nitrogen and oxygen atoms in total. The SMILES string of the molecule is COc1cc(/C=C/C(=O)c2ccc(Br)cc2)cc(OC)c1OC. The van der Waals surface area contributed by atoms with Crippen molar-refractivity contribution in [2.45, 2.75) is 0 Å². The molecule has 0 atom stereocenters. The number of ketones is 1. The van der Waals surface area contributed by atoms with Gasteiger partial charge in [-0.15, -0.1) is 0 Å². The topological polar surface area (TPSA) is 44.8 Å². The molecule has 0 saturated carbocycles. The van der Waals surface area contributed by atoms with E-state index in [1.165, 1.54) is 6.08 Å². The highest BCUT2D eigenvalue weighted by Gasteiger charge is 2.12. The molecule has 0 bridgehead atoms. The Kier molecular flexibility index (Phi) is 5.82. The third kappa shape index (κ3) is 4.13. The van der Waals surface area contributed by atoms with Crippen LogP contribution in [0.25, 0.3) is 6.08 Å². The van der Waals surface area contributed by atoms with Crippen molar-refractivity contribution in [2.24, 2.45) is 0 Å². The van der Waals surface area contributed by atoms with E-state index in [0.717, 1.165) is 10.0 Å². The fraction of sp³-hybridized carbons (Fsp3) is 0.167. The molecule has 2 aromatic carbocycles. The van der Waals surface area contributed by atoms with Crippen LogP contribution in [0, 0.1) is 0 Å². The Bertz CT molecular complexity index is 695. The Morgan fingerprint density at radius 3 is 2.00 bits per heavy atom. The zero-order valence-electron chi connectivity index (χ0n) is 13.1. The van der Waals surface area contributed by atoms with E-state index in [1.54, 1.807) is 51.7 Å². The summed E-state index contributed by atoms with van der Waals surface area (Å²) in [6, 6.07) is 10.8. The molecule has 0 aromatic heterocycles. The second kappa shape index (κ2) is 7.83. The van der Waals surface area contributed by atoms with E-state index in [9.17, 15) is 4.79 Å². The Balaban J connectivity index is 2.28. The Labute approximate surface area is 143 Å². The van der Waals surface area contributed by atoms with E-state index < -0.39 is 0 Å². The standard InChI is InChI=1S/C18H17BrO4/c1-21-16-10-12(11-17(22-2)18(16)23-3)4-9-15(20)13-5-7-14(19)8-6-13/h4-11H,1-3H3/b9-4+. The van der Waals surface area contributed by atoms with Crippen molar-refractivity contribution >= 4 is 27.8 Å². The zero-order chi connectivity index (χ0) is 16.8. The predicted octanol–water partition coefficient (Wildman–Crippen LogP) is 4.37. The second-order valence-electron chi connectivity index (χ2n) is 4.66. The fourth-order valence-corrected chi connectivity index (χ4v) is 2.34. The third-order valence-corrected chi connectivity index (χ3v) is 3.77. The van der Waals surface area contributed by atoms with Gasteiger partial charge in [0.1, 0.15) is 0 Å². The lowest BCUT2D eigenvalue weighted by atomic mass is 10.1. The van der Waals surface area contributed by atoms with Crippen LogP contribution in [0.1, 0.15) is 15.9 Å². The number of halogens is 1. The van der Waals surface area contributed by atoms with E-state index in [2.05, 4.69) is 15.9 Å². The molecular formula is C18H17BrO4. The van der Waals surface area contributed by atoms with Crippen molar-refractivity contribution in [1.29, 1.82) is 0 Å². The first kappa shape index (κ1) is 17.1. The van der Waals surface area contributed by atoms with Gasteiger partial charge >= 0.3 is 0 Å². The first-order valence-corrected chi connectivity index (χ1v) is 7.66. The molecular weight excluding hydrogens is 360 g/mol. The van der Waals surface area contributed by atoms with Crippen LogP contribution < -0.4 is 14.2 Å². The van der Waals surface area contributed by atoms with E-state index in [0.29, 0.717) is 22.8 Å². The summed E-state index contributed by atoms with van der Waals surface area (Å²) in [7, 11) is 4.66. The van der Waals surface area contributed by atoms with Crippen molar-refractivity contribution < 1.29 is 19.0 Å². The molecule has 0 N–H and O–H groups in total. The van der Waals surface area contributed by atoms with Gasteiger partial charge in [0.15, 0.2) is 17.3 Å². The molecule has 0 aliphatic heterocycles. The number of allylic oxidation sites excluding steroid dienone is 1. The van der Waals surface area contributed by atoms with Gasteiger partial charge in [-0.1, -0.05) is 22.0 Å². The highest BCUT2D eigenvalue weighted by Crippen LogP contribution is 2.38. The number of rotatable bonds is 6. The van der Waals surface area contributed by atoms with E-state index in [1.807, 2.05) is 12.1 Å². The first-order valence-electron chi connectivity index (χ1n) is 6.87. The minimum Gasteiger partial charge on any atom is -0.493 e. The fourth-order valence-electron chi connectivity index (χ4n) is 2.08. The average molecular weight is 377 g/mol. The molecule has 0 aliphatic rings. The van der Waals surface area contributed by atoms with E-state index in [4.69, 9.17) is 14.2 Å². The molecule has 0 radical (unpaired) electrons. The number of ether oxygens (including phenoxy) is 3. The maximum Gasteiger partial charge on any atom is 0.203 e. The van der Waals surface area contributed by atoms with Crippen molar-refractivity contribution in [1.82, 2.24) is 0 Å². The quantitative estimate of drug-likeness (QED) is 0.554. The van der Waals surface area contributed by atoms with Gasteiger partial charge in [-0.05, 0) is 48.0 Å². The summed E-state index contributed by atoms with van der Waals surface area (Å²) in [6.07, 6.45) is 3.23. The molecule has 23 heavy (non-hydrogen) atoms. The maximum absolute atomic E-state index is 12.2. The first-order chi connectivity index (χ1) is 11.1. The van der Waals surface area contributed by atoms with Crippen LogP contribution in [0.5, 0.6) is 17.2 Å². The number of benzene rings is 2. The zero-order valence-corrected chi connectivity index (χ0v) is 14.7. The molecule has 0 amide bonds. The summed E-state index contributed by atoms with van der Waals surface area (Å²) < 4.78 is 16.8. The average Bonchev–Trinajstić information content (AvgIpc) is 2.59. The molecule has 120 valence electrons. The van der Waals surface area contributed by atoms with Gasteiger partial charge in [0, 0.05) is 10.0 Å². The van der Waals surface area contributed by atoms with Gasteiger partial charge in [-0.3, -0.25) is 4.79 Å². The van der Waals surface area contributed by atoms with Gasteiger partial charge in [0.25, 0.3) is 0 Å². The molecule has 0 spiro atoms. The largest absolute Gasteiger partial charge is 0.493 e. The summed E-state index contributed by atoms with van der Waals surface area (Å²) in [6.45, 7) is 0. The number of hydrogen-bond donors (Lipinski definition) is 0. The molecule has 0 heterocycles. The Hall–Kier alpha value is -2.27. The third-order valence-electron chi connectivity index (χ3n) is 3.24. The van der Waals surface area contributed by atoms with E-state index >= 15 is 0 Å². The maximum atomic E-state index is 12.2. The van der Waals surface area contributed by atoms with Gasteiger partial charge in [0.05, 0.1) is 21.3 Å². The summed E-state index contributed by atoms with van der Waals surface area (Å²) in [5, 5.41) is 0. The highest BCUT2D eigenvalue weighted by atomic mass is 79.9. The number of methoxy groups -OCH3 is 3. The number of carbonyl (C=O) groups is 1. The van der Waals surface area contributed by atoms with Crippen molar-refractivity contribution in [3.8, 4) is 17.2 Å². The van der Waals surface area contributed by atoms with E-state index in [-0.39, 0.29) is 5.78 Å². The van der Waals surface area contributed by atoms with Gasteiger partial charge in [0.2, 0.25) is 5.75 Å². The number of hydrogen-bond acceptors (Lipinski definition) is 4. The lowest BCUT2D eigenvalue weighted by Gasteiger charge is -2.12. The summed E-state index contributed by atoms with van der Waals surface area (Å²) in [4.78, 5) is 12.2. The van der Waals surface area contributed by atoms with Crippen LogP contribution in [-0.4, -0.2) is 27.1 Å². The summed E-state index contributed by atoms with van der Waals surface area (Å²) >= 11 is 3.35. The molecule has 2 aromatic rings. The molecule has 2 rings (SSSR count). The number of carbonyl (C=O) groups excluding carboxylic acids is 1. The van der Waals surface area contributed by atoms with Crippen LogP contribution >= 0.6 is 15.9 Å². The monoisotopic (exact) mass is 376 g/mol. The van der Waals surface area contributed by atoms with Crippen LogP contribution in [-0.2, 0) is 0 Å². The predicted molar refractivity (Wildman–Crippen MR) is 93.6 cm³/mol. The molecule has 0 fully saturated rings. The highest BCUT2D eigenvalue weighted by molar-refractivity contribution is 9.10. The normalized spacial score (nSPS) is 10.6. The van der Waals surface area contributed by atoms with Crippen LogP contribution in [0.15, 0.2) is 46.9 Å². The molecule has 0 unspecified atom stereocenters. The van der Waals surface area contributed by atoms with Gasteiger partial charge < -0.3 is 14.2 Å². The van der Waals surface area contributed by atoms with Gasteiger partial charge in [-0.2, -0.15) is 0 Å². The molecule has 0 aliphatic carbocycles. The second-order valence-corrected chi connectivity index (χ2v) is 5.58. The van der Waals surface area contributed by atoms with Crippen molar-refractivity contribution in [2.75, 3.05) is 21.3 Å². The summed E-state index contributed by atoms with van der Waals surface area (Å²) in [5.74, 6) is 1.53. The molecule has 0 saturated heterocycles. The lowest BCUT2D eigenvalue weighted by molar-refractivity contribution is 0.104. The molecule has 5 heteroatoms. The summed E-state index contributed by atoms with van der Waals surface area (Å²) in [5.41, 5.74) is 1.40. The minimum absolute atomic E-state index is 0.0775. The van der Waals surface area contributed by atoms with Crippen LogP contribution in [0.4, 0.5) is 0 Å². The Morgan fingerprint density at radius 1 is 0.957 bits per heavy atom. The van der Waals surface area contributed by atoms with Crippen molar-refractivity contribution in [3.63, 3.8) is 0 Å². The lowest BCUT2D eigenvalue weighted by Crippen LogP contribution is -1.96. The van der Waals surface area contributed by atoms with Crippen molar-refractivity contribution in [3.05, 3.63) is 58.1 Å². The smallest absolute Gasteiger partial charge is 0.203 e. The Morgan fingerprint density at radius 2 is 1.52 bits per heavy atom. The van der Waals surface area contributed by atoms with Gasteiger partial charge in [-0.25, -0.2) is 0 Å². The minimum atomic E-state index is -0.0775. The van der Waals surface area contributed by atoms with Crippen LogP contribution in [0.3, 0.4) is 0 Å². The van der Waals surface area contributed by atoms with Crippen LogP contribution in [0.2, 0.25) is 0 Å².